The fraction of sp³-hybridized carbons (Fsp3) is 0.579. The van der Waals surface area contributed by atoms with Gasteiger partial charge in [0, 0.05) is 56.6 Å². The molecule has 0 bridgehead atoms. The molecule has 1 saturated heterocycles. The Morgan fingerprint density at radius 3 is 2.40 bits per heavy atom. The van der Waals surface area contributed by atoms with E-state index < -0.39 is 0 Å². The van der Waals surface area contributed by atoms with Crippen molar-refractivity contribution in [2.24, 2.45) is 5.92 Å². The maximum absolute atomic E-state index is 12.3. The summed E-state index contributed by atoms with van der Waals surface area (Å²) >= 11 is 5.92. The number of nitrogens with zero attached hydrogens (tertiary/aromatic N) is 2. The Balaban J connectivity index is 1.31. The van der Waals surface area contributed by atoms with Crippen LogP contribution in [0.4, 0.5) is 0 Å². The van der Waals surface area contributed by atoms with Gasteiger partial charge in [-0.25, -0.2) is 0 Å². The topological polar surface area (TPSA) is 52.7 Å². The molecule has 1 saturated carbocycles. The molecule has 2 amide bonds. The standard InChI is InChI=1S/C19H26ClN3O2/c20-17-7-3-15(4-8-17)14-22-10-12-23(13-11-22)18(24)2-1-9-21-19(25)16-5-6-16/h3-4,7-8,16H,1-2,5-6,9-14H2,(H,21,25). The third-order valence-electron chi connectivity index (χ3n) is 4.86. The van der Waals surface area contributed by atoms with Gasteiger partial charge in [-0.15, -0.1) is 0 Å². The number of halogens is 1. The minimum Gasteiger partial charge on any atom is -0.356 e. The van der Waals surface area contributed by atoms with Gasteiger partial charge in [0.2, 0.25) is 11.8 Å². The van der Waals surface area contributed by atoms with E-state index in [-0.39, 0.29) is 17.7 Å². The lowest BCUT2D eigenvalue weighted by atomic mass is 10.2. The van der Waals surface area contributed by atoms with Gasteiger partial charge in [0.1, 0.15) is 0 Å². The van der Waals surface area contributed by atoms with Gasteiger partial charge in [0.25, 0.3) is 0 Å². The first kappa shape index (κ1) is 18.2. The zero-order valence-corrected chi connectivity index (χ0v) is 15.3. The van der Waals surface area contributed by atoms with Crippen molar-refractivity contribution in [3.05, 3.63) is 34.9 Å². The molecule has 1 aromatic carbocycles. The van der Waals surface area contributed by atoms with Crippen molar-refractivity contribution < 1.29 is 9.59 Å². The van der Waals surface area contributed by atoms with E-state index in [1.165, 1.54) is 5.56 Å². The highest BCUT2D eigenvalue weighted by molar-refractivity contribution is 6.30. The van der Waals surface area contributed by atoms with Gasteiger partial charge in [-0.05, 0) is 37.0 Å². The number of carbonyl (C=O) groups excluding carboxylic acids is 2. The number of nitrogens with one attached hydrogen (secondary N) is 1. The maximum Gasteiger partial charge on any atom is 0.223 e. The first-order chi connectivity index (χ1) is 12.1. The minimum atomic E-state index is 0.156. The van der Waals surface area contributed by atoms with Crippen molar-refractivity contribution in [1.82, 2.24) is 15.1 Å². The summed E-state index contributed by atoms with van der Waals surface area (Å²) in [6, 6.07) is 7.93. The van der Waals surface area contributed by atoms with Crippen LogP contribution in [0.3, 0.4) is 0 Å². The largest absolute Gasteiger partial charge is 0.356 e. The molecule has 0 atom stereocenters. The molecule has 0 unspecified atom stereocenters. The number of rotatable bonds is 7. The number of carbonyl (C=O) groups is 2. The van der Waals surface area contributed by atoms with Crippen LogP contribution in [0.25, 0.3) is 0 Å². The number of hydrogen-bond donors (Lipinski definition) is 1. The second-order valence-electron chi connectivity index (χ2n) is 6.95. The Hall–Kier alpha value is -1.59. The van der Waals surface area contributed by atoms with Crippen molar-refractivity contribution >= 4 is 23.4 Å². The smallest absolute Gasteiger partial charge is 0.223 e. The average molecular weight is 364 g/mol. The lowest BCUT2D eigenvalue weighted by Crippen LogP contribution is -2.48. The molecule has 1 aliphatic carbocycles. The van der Waals surface area contributed by atoms with Crippen molar-refractivity contribution in [1.29, 1.82) is 0 Å². The predicted molar refractivity (Wildman–Crippen MR) is 98.3 cm³/mol. The SMILES string of the molecule is O=C(NCCCC(=O)N1CCN(Cc2ccc(Cl)cc2)CC1)C1CC1. The predicted octanol–water partition coefficient (Wildman–Crippen LogP) is 2.29. The summed E-state index contributed by atoms with van der Waals surface area (Å²) in [4.78, 5) is 28.1. The van der Waals surface area contributed by atoms with Crippen LogP contribution in [0.5, 0.6) is 0 Å². The van der Waals surface area contributed by atoms with Crippen molar-refractivity contribution in [3.63, 3.8) is 0 Å². The fourth-order valence-electron chi connectivity index (χ4n) is 3.10. The monoisotopic (exact) mass is 363 g/mol. The maximum atomic E-state index is 12.3. The second kappa shape index (κ2) is 8.68. The zero-order valence-electron chi connectivity index (χ0n) is 14.5. The van der Waals surface area contributed by atoms with Crippen LogP contribution in [0.1, 0.15) is 31.2 Å². The molecule has 0 spiro atoms. The van der Waals surface area contributed by atoms with Crippen molar-refractivity contribution in [2.75, 3.05) is 32.7 Å². The molecular weight excluding hydrogens is 338 g/mol. The molecule has 0 radical (unpaired) electrons. The number of amides is 2. The highest BCUT2D eigenvalue weighted by Gasteiger charge is 2.29. The summed E-state index contributed by atoms with van der Waals surface area (Å²) in [5.74, 6) is 0.597. The van der Waals surface area contributed by atoms with E-state index in [1.807, 2.05) is 17.0 Å². The van der Waals surface area contributed by atoms with Gasteiger partial charge in [-0.1, -0.05) is 23.7 Å². The number of hydrogen-bond acceptors (Lipinski definition) is 3. The molecule has 0 aromatic heterocycles. The average Bonchev–Trinajstić information content (AvgIpc) is 3.46. The normalized spacial score (nSPS) is 18.2. The molecule has 2 aliphatic rings. The molecule has 136 valence electrons. The number of piperazine rings is 1. The van der Waals surface area contributed by atoms with Gasteiger partial charge >= 0.3 is 0 Å². The van der Waals surface area contributed by atoms with Gasteiger partial charge in [-0.3, -0.25) is 14.5 Å². The van der Waals surface area contributed by atoms with Crippen molar-refractivity contribution in [3.8, 4) is 0 Å². The first-order valence-corrected chi connectivity index (χ1v) is 9.52. The van der Waals surface area contributed by atoms with E-state index in [9.17, 15) is 9.59 Å². The molecule has 3 rings (SSSR count). The lowest BCUT2D eigenvalue weighted by Gasteiger charge is -2.34. The number of benzene rings is 1. The summed E-state index contributed by atoms with van der Waals surface area (Å²) in [7, 11) is 0. The summed E-state index contributed by atoms with van der Waals surface area (Å²) in [5.41, 5.74) is 1.25. The molecule has 2 fully saturated rings. The van der Waals surface area contributed by atoms with Crippen LogP contribution in [0.2, 0.25) is 5.02 Å². The third-order valence-corrected chi connectivity index (χ3v) is 5.11. The zero-order chi connectivity index (χ0) is 17.6. The highest BCUT2D eigenvalue weighted by atomic mass is 35.5. The summed E-state index contributed by atoms with van der Waals surface area (Å²) in [6.07, 6.45) is 3.28. The molecule has 1 aliphatic heterocycles. The van der Waals surface area contributed by atoms with Crippen molar-refractivity contribution in [2.45, 2.75) is 32.2 Å². The van der Waals surface area contributed by atoms with Gasteiger partial charge in [-0.2, -0.15) is 0 Å². The van der Waals surface area contributed by atoms with E-state index in [4.69, 9.17) is 11.6 Å². The quantitative estimate of drug-likeness (QED) is 0.756. The van der Waals surface area contributed by atoms with Crippen LogP contribution in [-0.4, -0.2) is 54.3 Å². The minimum absolute atomic E-state index is 0.156. The molecular formula is C19H26ClN3O2. The summed E-state index contributed by atoms with van der Waals surface area (Å²) in [6.45, 7) is 4.85. The van der Waals surface area contributed by atoms with E-state index in [1.54, 1.807) is 0 Å². The van der Waals surface area contributed by atoms with E-state index in [0.29, 0.717) is 13.0 Å². The van der Waals surface area contributed by atoms with Gasteiger partial charge in [0.05, 0.1) is 0 Å². The Kier molecular flexibility index (Phi) is 6.32. The Bertz CT molecular complexity index is 593. The van der Waals surface area contributed by atoms with Gasteiger partial charge < -0.3 is 10.2 Å². The first-order valence-electron chi connectivity index (χ1n) is 9.14. The van der Waals surface area contributed by atoms with E-state index in [0.717, 1.165) is 57.0 Å². The fourth-order valence-corrected chi connectivity index (χ4v) is 3.23. The van der Waals surface area contributed by atoms with Crippen LogP contribution >= 0.6 is 11.6 Å². The Labute approximate surface area is 154 Å². The summed E-state index contributed by atoms with van der Waals surface area (Å²) in [5, 5.41) is 3.67. The van der Waals surface area contributed by atoms with E-state index >= 15 is 0 Å². The van der Waals surface area contributed by atoms with Crippen LogP contribution in [-0.2, 0) is 16.1 Å². The second-order valence-corrected chi connectivity index (χ2v) is 7.39. The van der Waals surface area contributed by atoms with E-state index in [2.05, 4.69) is 22.3 Å². The Morgan fingerprint density at radius 2 is 1.76 bits per heavy atom. The van der Waals surface area contributed by atoms with Crippen LogP contribution in [0, 0.1) is 5.92 Å². The Morgan fingerprint density at radius 1 is 1.08 bits per heavy atom. The van der Waals surface area contributed by atoms with Crippen LogP contribution < -0.4 is 5.32 Å². The molecule has 1 N–H and O–H groups in total. The van der Waals surface area contributed by atoms with Crippen LogP contribution in [0.15, 0.2) is 24.3 Å². The molecule has 1 aromatic rings. The molecule has 25 heavy (non-hydrogen) atoms. The highest BCUT2D eigenvalue weighted by Crippen LogP contribution is 2.28. The lowest BCUT2D eigenvalue weighted by molar-refractivity contribution is -0.133. The van der Waals surface area contributed by atoms with Gasteiger partial charge in [0.15, 0.2) is 0 Å². The molecule has 6 heteroatoms. The molecule has 5 nitrogen and oxygen atoms in total. The third kappa shape index (κ3) is 5.72. The molecule has 1 heterocycles. The summed E-state index contributed by atoms with van der Waals surface area (Å²) < 4.78 is 0.